The molecule has 0 unspecified atom stereocenters. The molecule has 0 saturated carbocycles. The minimum Gasteiger partial charge on any atom is -0.341 e. The van der Waals surface area contributed by atoms with Crippen LogP contribution in [0.5, 0.6) is 0 Å². The fraction of sp³-hybridized carbons (Fsp3) is 0.550. The Morgan fingerprint density at radius 1 is 1.04 bits per heavy atom. The van der Waals surface area contributed by atoms with Crippen molar-refractivity contribution >= 4 is 17.8 Å². The van der Waals surface area contributed by atoms with E-state index in [2.05, 4.69) is 5.32 Å². The zero-order valence-electron chi connectivity index (χ0n) is 15.0. The van der Waals surface area contributed by atoms with Crippen LogP contribution in [0.1, 0.15) is 49.7 Å². The summed E-state index contributed by atoms with van der Waals surface area (Å²) in [5.74, 6) is -0.408. The molecule has 3 aliphatic rings. The Balaban J connectivity index is 1.56. The van der Waals surface area contributed by atoms with E-state index in [4.69, 9.17) is 0 Å². The summed E-state index contributed by atoms with van der Waals surface area (Å²) < 4.78 is 0. The summed E-state index contributed by atoms with van der Waals surface area (Å²) in [6.45, 7) is 1.28. The molecule has 2 saturated heterocycles. The summed E-state index contributed by atoms with van der Waals surface area (Å²) in [6, 6.07) is 7.35. The number of carbonyl (C=O) groups is 3. The van der Waals surface area contributed by atoms with Crippen LogP contribution in [0, 0.1) is 0 Å². The van der Waals surface area contributed by atoms with E-state index in [-0.39, 0.29) is 18.4 Å². The summed E-state index contributed by atoms with van der Waals surface area (Å²) in [6.07, 6.45) is 6.58. The molecule has 2 fully saturated rings. The Hall–Kier alpha value is -2.37. The summed E-state index contributed by atoms with van der Waals surface area (Å²) in [4.78, 5) is 41.4. The molecule has 1 aromatic rings. The number of urea groups is 1. The van der Waals surface area contributed by atoms with Gasteiger partial charge in [-0.15, -0.1) is 0 Å². The molecule has 0 bridgehead atoms. The number of rotatable bonds is 2. The van der Waals surface area contributed by atoms with Gasteiger partial charge in [-0.05, 0) is 43.2 Å². The van der Waals surface area contributed by atoms with Crippen LogP contribution >= 0.6 is 0 Å². The van der Waals surface area contributed by atoms with Crippen LogP contribution < -0.4 is 5.32 Å². The van der Waals surface area contributed by atoms with Crippen molar-refractivity contribution in [3.63, 3.8) is 0 Å². The molecule has 2 heterocycles. The highest BCUT2D eigenvalue weighted by molar-refractivity contribution is 6.09. The van der Waals surface area contributed by atoms with E-state index >= 15 is 0 Å². The third kappa shape index (κ3) is 2.77. The Morgan fingerprint density at radius 2 is 1.77 bits per heavy atom. The summed E-state index contributed by atoms with van der Waals surface area (Å²) in [7, 11) is 0. The molecule has 0 radical (unpaired) electrons. The number of fused-ring (bicyclic) bond motifs is 2. The molecule has 2 aliphatic heterocycles. The number of amides is 4. The van der Waals surface area contributed by atoms with Gasteiger partial charge in [0.25, 0.3) is 5.91 Å². The molecule has 4 rings (SSSR count). The first-order valence-corrected chi connectivity index (χ1v) is 9.62. The van der Waals surface area contributed by atoms with E-state index in [1.54, 1.807) is 4.90 Å². The minimum absolute atomic E-state index is 0.128. The van der Waals surface area contributed by atoms with Crippen molar-refractivity contribution < 1.29 is 14.4 Å². The summed E-state index contributed by atoms with van der Waals surface area (Å²) in [5.41, 5.74) is 0.993. The van der Waals surface area contributed by atoms with Gasteiger partial charge in [-0.3, -0.25) is 14.5 Å². The van der Waals surface area contributed by atoms with Gasteiger partial charge in [0.15, 0.2) is 0 Å². The van der Waals surface area contributed by atoms with E-state index in [1.165, 1.54) is 0 Å². The van der Waals surface area contributed by atoms with Gasteiger partial charge in [0.2, 0.25) is 5.91 Å². The van der Waals surface area contributed by atoms with E-state index in [0.29, 0.717) is 6.42 Å². The van der Waals surface area contributed by atoms with Gasteiger partial charge in [-0.1, -0.05) is 37.1 Å². The Kier molecular flexibility index (Phi) is 4.42. The average molecular weight is 355 g/mol. The van der Waals surface area contributed by atoms with Crippen LogP contribution in [0.25, 0.3) is 0 Å². The molecule has 0 aromatic heterocycles. The lowest BCUT2D eigenvalue weighted by atomic mass is 9.76. The van der Waals surface area contributed by atoms with Crippen LogP contribution in [-0.4, -0.2) is 47.3 Å². The van der Waals surface area contributed by atoms with Gasteiger partial charge in [-0.25, -0.2) is 4.79 Å². The number of nitrogens with one attached hydrogen (secondary N) is 1. The first-order valence-electron chi connectivity index (χ1n) is 9.62. The second-order valence-corrected chi connectivity index (χ2v) is 7.53. The predicted octanol–water partition coefficient (Wildman–Crippen LogP) is 2.17. The Morgan fingerprint density at radius 3 is 2.54 bits per heavy atom. The molecule has 1 aromatic carbocycles. The van der Waals surface area contributed by atoms with E-state index in [0.717, 1.165) is 67.6 Å². The lowest BCUT2D eigenvalue weighted by molar-refractivity contribution is -0.139. The first kappa shape index (κ1) is 17.1. The third-order valence-electron chi connectivity index (χ3n) is 5.90. The van der Waals surface area contributed by atoms with Crippen LogP contribution in [0.15, 0.2) is 24.3 Å². The highest BCUT2D eigenvalue weighted by Gasteiger charge is 2.54. The first-order chi connectivity index (χ1) is 12.6. The topological polar surface area (TPSA) is 69.7 Å². The fourth-order valence-corrected chi connectivity index (χ4v) is 4.51. The molecular weight excluding hydrogens is 330 g/mol. The third-order valence-corrected chi connectivity index (χ3v) is 5.90. The molecule has 1 spiro atoms. The quantitative estimate of drug-likeness (QED) is 0.827. The van der Waals surface area contributed by atoms with Gasteiger partial charge in [-0.2, -0.15) is 0 Å². The molecule has 138 valence electrons. The number of imide groups is 1. The number of hydrogen-bond acceptors (Lipinski definition) is 3. The maximum atomic E-state index is 13.2. The Labute approximate surface area is 153 Å². The van der Waals surface area contributed by atoms with Crippen molar-refractivity contribution in [2.24, 2.45) is 0 Å². The zero-order valence-corrected chi connectivity index (χ0v) is 15.0. The molecule has 1 N–H and O–H groups in total. The smallest absolute Gasteiger partial charge is 0.325 e. The van der Waals surface area contributed by atoms with Crippen molar-refractivity contribution in [2.75, 3.05) is 19.6 Å². The summed E-state index contributed by atoms with van der Waals surface area (Å²) in [5, 5.41) is 2.91. The number of likely N-dealkylation sites (tertiary alicyclic amines) is 1. The van der Waals surface area contributed by atoms with Gasteiger partial charge in [0.1, 0.15) is 12.1 Å². The minimum atomic E-state index is -0.995. The van der Waals surface area contributed by atoms with Gasteiger partial charge < -0.3 is 10.2 Å². The molecule has 4 amide bonds. The van der Waals surface area contributed by atoms with Crippen molar-refractivity contribution in [2.45, 2.75) is 50.5 Å². The Bertz CT molecular complexity index is 740. The van der Waals surface area contributed by atoms with Crippen LogP contribution in [-0.2, 0) is 21.5 Å². The number of nitrogens with zero attached hydrogens (tertiary/aromatic N) is 2. The molecule has 1 atom stereocenters. The van der Waals surface area contributed by atoms with Crippen molar-refractivity contribution in [1.29, 1.82) is 0 Å². The molecule has 1 aliphatic carbocycles. The number of hydrogen-bond donors (Lipinski definition) is 1. The zero-order chi connectivity index (χ0) is 18.1. The van der Waals surface area contributed by atoms with Crippen molar-refractivity contribution in [3.8, 4) is 0 Å². The lowest BCUT2D eigenvalue weighted by Gasteiger charge is -2.33. The second kappa shape index (κ2) is 6.74. The number of aryl methyl sites for hydroxylation is 1. The van der Waals surface area contributed by atoms with E-state index in [9.17, 15) is 14.4 Å². The highest BCUT2D eigenvalue weighted by Crippen LogP contribution is 2.39. The van der Waals surface area contributed by atoms with Gasteiger partial charge >= 0.3 is 6.03 Å². The van der Waals surface area contributed by atoms with Crippen LogP contribution in [0.3, 0.4) is 0 Å². The monoisotopic (exact) mass is 355 g/mol. The summed E-state index contributed by atoms with van der Waals surface area (Å²) >= 11 is 0. The van der Waals surface area contributed by atoms with Crippen molar-refractivity contribution in [3.05, 3.63) is 35.4 Å². The maximum absolute atomic E-state index is 13.2. The largest absolute Gasteiger partial charge is 0.341 e. The standard InChI is InChI=1S/C20H25N3O3/c24-17(22-12-5-1-2-6-13-22)14-23-18(25)20(21-19(23)26)11-7-9-15-8-3-4-10-16(15)20/h3-4,8,10H,1-2,5-7,9,11-14H2,(H,21,26)/t20-/m1/s1. The van der Waals surface area contributed by atoms with E-state index < -0.39 is 11.6 Å². The SMILES string of the molecule is O=C(CN1C(=O)N[C@@]2(CCCc3ccccc32)C1=O)N1CCCCCC1. The predicted molar refractivity (Wildman–Crippen MR) is 96.4 cm³/mol. The molecular formula is C20H25N3O3. The van der Waals surface area contributed by atoms with E-state index in [1.807, 2.05) is 24.3 Å². The number of carbonyl (C=O) groups excluding carboxylic acids is 3. The average Bonchev–Trinajstić information content (AvgIpc) is 2.86. The van der Waals surface area contributed by atoms with Gasteiger partial charge in [0.05, 0.1) is 0 Å². The van der Waals surface area contributed by atoms with Crippen LogP contribution in [0.4, 0.5) is 4.79 Å². The number of benzene rings is 1. The van der Waals surface area contributed by atoms with Gasteiger partial charge in [0, 0.05) is 13.1 Å². The molecule has 6 heteroatoms. The maximum Gasteiger partial charge on any atom is 0.325 e. The lowest BCUT2D eigenvalue weighted by Crippen LogP contribution is -2.47. The molecule has 26 heavy (non-hydrogen) atoms. The second-order valence-electron chi connectivity index (χ2n) is 7.53. The normalized spacial score (nSPS) is 25.8. The fourth-order valence-electron chi connectivity index (χ4n) is 4.51. The van der Waals surface area contributed by atoms with Crippen molar-refractivity contribution in [1.82, 2.24) is 15.1 Å². The van der Waals surface area contributed by atoms with Crippen LogP contribution in [0.2, 0.25) is 0 Å². The molecule has 6 nitrogen and oxygen atoms in total. The highest BCUT2D eigenvalue weighted by atomic mass is 16.2.